The summed E-state index contributed by atoms with van der Waals surface area (Å²) in [6.07, 6.45) is 5.83. The number of hydrogen-bond acceptors (Lipinski definition) is 4. The van der Waals surface area contributed by atoms with Crippen LogP contribution < -0.4 is 5.32 Å². The molecule has 20 heavy (non-hydrogen) atoms. The number of rotatable bonds is 6. The number of nitrogens with one attached hydrogen (secondary N) is 1. The maximum absolute atomic E-state index is 10.8. The van der Waals surface area contributed by atoms with Gasteiger partial charge in [-0.15, -0.1) is 0 Å². The highest BCUT2D eigenvalue weighted by Gasteiger charge is 2.21. The highest BCUT2D eigenvalue weighted by molar-refractivity contribution is 5.36. The number of benzene rings is 1. The molecule has 3 atom stereocenters. The van der Waals surface area contributed by atoms with Crippen molar-refractivity contribution in [2.45, 2.75) is 31.8 Å². The minimum atomic E-state index is -0.368. The van der Waals surface area contributed by atoms with Crippen molar-refractivity contribution in [1.29, 1.82) is 0 Å². The summed E-state index contributed by atoms with van der Waals surface area (Å²) >= 11 is 0. The van der Waals surface area contributed by atoms with Gasteiger partial charge in [-0.3, -0.25) is 10.1 Å². The maximum atomic E-state index is 10.8. The van der Waals surface area contributed by atoms with Crippen LogP contribution in [0.3, 0.4) is 0 Å². The molecule has 0 radical (unpaired) electrons. The van der Waals surface area contributed by atoms with Crippen LogP contribution in [-0.2, 0) is 0 Å². The molecule has 1 aromatic rings. The van der Waals surface area contributed by atoms with Crippen LogP contribution in [0.1, 0.15) is 31.4 Å². The maximum Gasteiger partial charge on any atom is 0.269 e. The summed E-state index contributed by atoms with van der Waals surface area (Å²) in [5.41, 5.74) is 1.06. The average molecular weight is 276 g/mol. The molecule has 5 nitrogen and oxygen atoms in total. The molecule has 1 aliphatic rings. The Labute approximate surface area is 118 Å². The van der Waals surface area contributed by atoms with Crippen molar-refractivity contribution in [2.75, 3.05) is 6.61 Å². The monoisotopic (exact) mass is 276 g/mol. The summed E-state index contributed by atoms with van der Waals surface area (Å²) in [7, 11) is 0. The molecular weight excluding hydrogens is 256 g/mol. The van der Waals surface area contributed by atoms with Gasteiger partial charge in [0.25, 0.3) is 5.69 Å². The first-order valence-electron chi connectivity index (χ1n) is 6.93. The number of nitrogens with zero attached hydrogens (tertiary/aromatic N) is 1. The molecule has 1 aliphatic carbocycles. The van der Waals surface area contributed by atoms with E-state index in [1.54, 1.807) is 12.1 Å². The normalized spacial score (nSPS) is 22.9. The first-order chi connectivity index (χ1) is 9.63. The molecular formula is C15H20N2O3. The third-order valence-corrected chi connectivity index (χ3v) is 3.71. The molecule has 0 saturated heterocycles. The number of aliphatic hydroxyl groups is 1. The Balaban J connectivity index is 2.07. The highest BCUT2D eigenvalue weighted by Crippen LogP contribution is 2.25. The summed E-state index contributed by atoms with van der Waals surface area (Å²) in [6.45, 7) is 2.22. The lowest BCUT2D eigenvalue weighted by Crippen LogP contribution is -2.30. The number of aliphatic hydroxyl groups excluding tert-OH is 1. The number of non-ortho nitro benzene ring substituents is 1. The van der Waals surface area contributed by atoms with Gasteiger partial charge in [-0.25, -0.2) is 0 Å². The Kier molecular flexibility index (Phi) is 4.87. The van der Waals surface area contributed by atoms with E-state index < -0.39 is 0 Å². The molecule has 0 aliphatic heterocycles. The summed E-state index contributed by atoms with van der Waals surface area (Å²) in [5.74, 6) is 0.218. The molecule has 5 heteroatoms. The largest absolute Gasteiger partial charge is 0.396 e. The van der Waals surface area contributed by atoms with Crippen LogP contribution in [0.4, 0.5) is 5.69 Å². The third kappa shape index (κ3) is 3.43. The molecule has 0 bridgehead atoms. The van der Waals surface area contributed by atoms with Crippen molar-refractivity contribution < 1.29 is 10.0 Å². The van der Waals surface area contributed by atoms with Gasteiger partial charge in [0.05, 0.1) is 4.92 Å². The summed E-state index contributed by atoms with van der Waals surface area (Å²) < 4.78 is 0. The van der Waals surface area contributed by atoms with Gasteiger partial charge >= 0.3 is 0 Å². The summed E-state index contributed by atoms with van der Waals surface area (Å²) in [4.78, 5) is 10.5. The topological polar surface area (TPSA) is 75.4 Å². The van der Waals surface area contributed by atoms with Crippen LogP contribution in [-0.4, -0.2) is 22.7 Å². The summed E-state index contributed by atoms with van der Waals surface area (Å²) in [5, 5.41) is 23.5. The van der Waals surface area contributed by atoms with Crippen molar-refractivity contribution in [3.8, 4) is 0 Å². The van der Waals surface area contributed by atoms with Gasteiger partial charge in [0.15, 0.2) is 0 Å². The number of hydrogen-bond donors (Lipinski definition) is 2. The molecule has 108 valence electrons. The predicted molar refractivity (Wildman–Crippen MR) is 77.4 cm³/mol. The zero-order valence-electron chi connectivity index (χ0n) is 11.5. The van der Waals surface area contributed by atoms with Crippen molar-refractivity contribution in [3.05, 3.63) is 52.1 Å². The average Bonchev–Trinajstić information content (AvgIpc) is 2.92. The Morgan fingerprint density at radius 3 is 2.90 bits per heavy atom. The second kappa shape index (κ2) is 6.63. The van der Waals surface area contributed by atoms with Crippen LogP contribution in [0.15, 0.2) is 36.4 Å². The Bertz CT molecular complexity index is 502. The molecule has 1 aromatic carbocycles. The Morgan fingerprint density at radius 1 is 1.50 bits per heavy atom. The SMILES string of the molecule is CC[C@H](N[C@@H]1C=C[C@H](CO)C1)c1cccc([N+](=O)[O-])c1. The van der Waals surface area contributed by atoms with E-state index >= 15 is 0 Å². The van der Waals surface area contributed by atoms with Gasteiger partial charge in [-0.05, 0) is 18.4 Å². The first-order valence-corrected chi connectivity index (χ1v) is 6.93. The van der Waals surface area contributed by atoms with Gasteiger partial charge in [-0.2, -0.15) is 0 Å². The molecule has 0 fully saturated rings. The predicted octanol–water partition coefficient (Wildman–Crippen LogP) is 2.57. The van der Waals surface area contributed by atoms with Gasteiger partial charge in [0.1, 0.15) is 0 Å². The lowest BCUT2D eigenvalue weighted by Gasteiger charge is -2.22. The fraction of sp³-hybridized carbons (Fsp3) is 0.467. The number of nitro benzene ring substituents is 1. The van der Waals surface area contributed by atoms with E-state index in [1.807, 2.05) is 12.1 Å². The smallest absolute Gasteiger partial charge is 0.269 e. The lowest BCUT2D eigenvalue weighted by molar-refractivity contribution is -0.384. The molecule has 0 heterocycles. The zero-order valence-corrected chi connectivity index (χ0v) is 11.5. The Hall–Kier alpha value is -1.72. The quantitative estimate of drug-likeness (QED) is 0.475. The summed E-state index contributed by atoms with van der Waals surface area (Å²) in [6, 6.07) is 7.07. The van der Waals surface area contributed by atoms with Crippen molar-refractivity contribution in [1.82, 2.24) is 5.32 Å². The zero-order chi connectivity index (χ0) is 14.5. The van der Waals surface area contributed by atoms with Crippen LogP contribution in [0.5, 0.6) is 0 Å². The second-order valence-corrected chi connectivity index (χ2v) is 5.15. The molecule has 0 spiro atoms. The minimum absolute atomic E-state index is 0.0852. The molecule has 0 aromatic heterocycles. The second-order valence-electron chi connectivity index (χ2n) is 5.15. The third-order valence-electron chi connectivity index (χ3n) is 3.71. The minimum Gasteiger partial charge on any atom is -0.396 e. The molecule has 0 unspecified atom stereocenters. The van der Waals surface area contributed by atoms with E-state index in [0.717, 1.165) is 18.4 Å². The van der Waals surface area contributed by atoms with E-state index in [1.165, 1.54) is 6.07 Å². The van der Waals surface area contributed by atoms with Gasteiger partial charge in [0, 0.05) is 36.7 Å². The van der Waals surface area contributed by atoms with Crippen molar-refractivity contribution >= 4 is 5.69 Å². The highest BCUT2D eigenvalue weighted by atomic mass is 16.6. The van der Waals surface area contributed by atoms with Gasteiger partial charge in [0.2, 0.25) is 0 Å². The first kappa shape index (κ1) is 14.7. The van der Waals surface area contributed by atoms with E-state index in [9.17, 15) is 10.1 Å². The number of nitro groups is 1. The van der Waals surface area contributed by atoms with Gasteiger partial charge < -0.3 is 10.4 Å². The molecule has 2 N–H and O–H groups in total. The van der Waals surface area contributed by atoms with E-state index in [4.69, 9.17) is 5.11 Å². The lowest BCUT2D eigenvalue weighted by atomic mass is 10.0. The molecule has 2 rings (SSSR count). The van der Waals surface area contributed by atoms with Crippen molar-refractivity contribution in [3.63, 3.8) is 0 Å². The van der Waals surface area contributed by atoms with Crippen LogP contribution in [0.2, 0.25) is 0 Å². The van der Waals surface area contributed by atoms with Crippen LogP contribution >= 0.6 is 0 Å². The van der Waals surface area contributed by atoms with E-state index in [2.05, 4.69) is 18.3 Å². The molecule has 0 saturated carbocycles. The van der Waals surface area contributed by atoms with Crippen LogP contribution in [0, 0.1) is 16.0 Å². The van der Waals surface area contributed by atoms with Gasteiger partial charge in [-0.1, -0.05) is 31.2 Å². The Morgan fingerprint density at radius 2 is 2.30 bits per heavy atom. The van der Waals surface area contributed by atoms with Crippen molar-refractivity contribution in [2.24, 2.45) is 5.92 Å². The standard InChI is InChI=1S/C15H20N2O3/c1-2-15(16-13-7-6-11(8-13)10-18)12-4-3-5-14(9-12)17(19)20/h3-7,9,11,13,15-16,18H,2,8,10H2,1H3/t11-,13+,15-/m0/s1. The van der Waals surface area contributed by atoms with Crippen LogP contribution in [0.25, 0.3) is 0 Å². The van der Waals surface area contributed by atoms with E-state index in [0.29, 0.717) is 0 Å². The fourth-order valence-corrected chi connectivity index (χ4v) is 2.60. The fourth-order valence-electron chi connectivity index (χ4n) is 2.60. The molecule has 0 amide bonds. The van der Waals surface area contributed by atoms with E-state index in [-0.39, 0.29) is 35.2 Å².